The normalized spacial score (nSPS) is 19.4. The summed E-state index contributed by atoms with van der Waals surface area (Å²) in [6.07, 6.45) is 0.732. The van der Waals surface area contributed by atoms with Crippen molar-refractivity contribution in [2.24, 2.45) is 0 Å². The molecule has 0 unspecified atom stereocenters. The minimum atomic E-state index is -0.957. The van der Waals surface area contributed by atoms with Crippen LogP contribution in [0.4, 0.5) is 0 Å². The van der Waals surface area contributed by atoms with Crippen LogP contribution in [0.1, 0.15) is 50.0 Å². The number of rotatable bonds is 4. The number of nitrogens with zero attached hydrogens (tertiary/aromatic N) is 1. The van der Waals surface area contributed by atoms with Gasteiger partial charge in [0.2, 0.25) is 5.91 Å². The van der Waals surface area contributed by atoms with Crippen LogP contribution in [0.2, 0.25) is 0 Å². The molecule has 1 aliphatic rings. The second kappa shape index (κ2) is 6.32. The van der Waals surface area contributed by atoms with Gasteiger partial charge in [0.1, 0.15) is 0 Å². The number of carboxylic acids is 1. The third-order valence-corrected chi connectivity index (χ3v) is 3.90. The van der Waals surface area contributed by atoms with Crippen molar-refractivity contribution in [3.8, 4) is 0 Å². The van der Waals surface area contributed by atoms with E-state index in [1.807, 2.05) is 32.6 Å². The molecule has 5 heteroatoms. The van der Waals surface area contributed by atoms with Gasteiger partial charge in [-0.25, -0.2) is 4.79 Å². The van der Waals surface area contributed by atoms with Crippen LogP contribution in [0.15, 0.2) is 24.3 Å². The third-order valence-electron chi connectivity index (χ3n) is 3.90. The number of ether oxygens (including phenoxy) is 1. The average molecular weight is 319 g/mol. The fraction of sp³-hybridized carbons (Fsp3) is 0.556. The average Bonchev–Trinajstić information content (AvgIpc) is 2.41. The summed E-state index contributed by atoms with van der Waals surface area (Å²) in [6, 6.07) is 6.84. The van der Waals surface area contributed by atoms with E-state index >= 15 is 0 Å². The number of amides is 1. The molecule has 1 aliphatic heterocycles. The van der Waals surface area contributed by atoms with Gasteiger partial charge in [-0.1, -0.05) is 18.2 Å². The Bertz CT molecular complexity index is 591. The van der Waals surface area contributed by atoms with E-state index in [-0.39, 0.29) is 22.7 Å². The predicted molar refractivity (Wildman–Crippen MR) is 87.5 cm³/mol. The summed E-state index contributed by atoms with van der Waals surface area (Å²) in [5, 5.41) is 9.20. The van der Waals surface area contributed by atoms with Crippen molar-refractivity contribution < 1.29 is 19.4 Å². The van der Waals surface area contributed by atoms with E-state index in [4.69, 9.17) is 4.74 Å². The summed E-state index contributed by atoms with van der Waals surface area (Å²) in [6.45, 7) is 9.02. The van der Waals surface area contributed by atoms with Crippen molar-refractivity contribution in [3.05, 3.63) is 35.4 Å². The first-order chi connectivity index (χ1) is 10.6. The van der Waals surface area contributed by atoms with Gasteiger partial charge in [-0.15, -0.1) is 0 Å². The number of morpholine rings is 1. The Balaban J connectivity index is 2.04. The van der Waals surface area contributed by atoms with Crippen molar-refractivity contribution in [3.63, 3.8) is 0 Å². The summed E-state index contributed by atoms with van der Waals surface area (Å²) >= 11 is 0. The minimum absolute atomic E-state index is 0.0367. The molecule has 126 valence electrons. The van der Waals surface area contributed by atoms with Gasteiger partial charge in [-0.2, -0.15) is 0 Å². The molecular formula is C18H25NO4. The van der Waals surface area contributed by atoms with Gasteiger partial charge in [-0.05, 0) is 45.7 Å². The molecule has 0 aromatic heterocycles. The molecular weight excluding hydrogens is 294 g/mol. The van der Waals surface area contributed by atoms with Gasteiger partial charge >= 0.3 is 5.97 Å². The number of aromatic carboxylic acids is 1. The molecule has 0 aliphatic carbocycles. The molecule has 1 fully saturated rings. The van der Waals surface area contributed by atoms with E-state index in [1.165, 1.54) is 0 Å². The zero-order valence-corrected chi connectivity index (χ0v) is 14.3. The number of aryl methyl sites for hydroxylation is 1. The van der Waals surface area contributed by atoms with Crippen molar-refractivity contribution in [1.82, 2.24) is 4.90 Å². The van der Waals surface area contributed by atoms with Crippen LogP contribution in [0, 0.1) is 0 Å². The van der Waals surface area contributed by atoms with Gasteiger partial charge in [0.05, 0.1) is 16.8 Å². The van der Waals surface area contributed by atoms with Crippen LogP contribution < -0.4 is 0 Å². The topological polar surface area (TPSA) is 66.8 Å². The molecule has 2 rings (SSSR count). The number of hydrogen-bond donors (Lipinski definition) is 1. The molecule has 23 heavy (non-hydrogen) atoms. The molecule has 1 saturated heterocycles. The maximum atomic E-state index is 12.6. The first-order valence-corrected chi connectivity index (χ1v) is 7.89. The molecule has 1 amide bonds. The van der Waals surface area contributed by atoms with Crippen LogP contribution in [0.5, 0.6) is 0 Å². The zero-order chi connectivity index (χ0) is 17.3. The Kier molecular flexibility index (Phi) is 4.80. The highest BCUT2D eigenvalue weighted by Gasteiger charge is 2.39. The molecule has 1 heterocycles. The first kappa shape index (κ1) is 17.5. The number of hydrogen-bond acceptors (Lipinski definition) is 3. The molecule has 0 saturated carbocycles. The largest absolute Gasteiger partial charge is 0.478 e. The quantitative estimate of drug-likeness (QED) is 0.926. The second-order valence-corrected chi connectivity index (χ2v) is 7.33. The van der Waals surface area contributed by atoms with Gasteiger partial charge in [0.25, 0.3) is 0 Å². The lowest BCUT2D eigenvalue weighted by molar-refractivity contribution is -0.187. The lowest BCUT2D eigenvalue weighted by atomic mass is 9.97. The maximum absolute atomic E-state index is 12.6. The monoisotopic (exact) mass is 319 g/mol. The van der Waals surface area contributed by atoms with E-state index < -0.39 is 5.97 Å². The highest BCUT2D eigenvalue weighted by Crippen LogP contribution is 2.28. The van der Waals surface area contributed by atoms with E-state index in [9.17, 15) is 14.7 Å². The Morgan fingerprint density at radius 1 is 1.13 bits per heavy atom. The van der Waals surface area contributed by atoms with Crippen LogP contribution in [-0.2, 0) is 16.0 Å². The summed E-state index contributed by atoms with van der Waals surface area (Å²) in [5.41, 5.74) is 0.204. The highest BCUT2D eigenvalue weighted by atomic mass is 16.5. The van der Waals surface area contributed by atoms with Crippen LogP contribution >= 0.6 is 0 Å². The Morgan fingerprint density at radius 2 is 1.70 bits per heavy atom. The van der Waals surface area contributed by atoms with Crippen molar-refractivity contribution in [2.45, 2.75) is 51.7 Å². The Morgan fingerprint density at radius 3 is 2.26 bits per heavy atom. The standard InChI is InChI=1S/C18H25NO4/c1-17(2)11-19(12-18(3,4)23-17)15(20)10-9-13-7-5-6-8-14(13)16(21)22/h5-8H,9-12H2,1-4H3,(H,21,22). The zero-order valence-electron chi connectivity index (χ0n) is 14.3. The molecule has 1 aromatic carbocycles. The summed E-state index contributed by atoms with van der Waals surface area (Å²) in [7, 11) is 0. The smallest absolute Gasteiger partial charge is 0.335 e. The first-order valence-electron chi connectivity index (χ1n) is 7.89. The molecule has 0 spiro atoms. The molecule has 1 aromatic rings. The maximum Gasteiger partial charge on any atom is 0.335 e. The van der Waals surface area contributed by atoms with Crippen molar-refractivity contribution in [1.29, 1.82) is 0 Å². The van der Waals surface area contributed by atoms with Crippen molar-refractivity contribution in [2.75, 3.05) is 13.1 Å². The summed E-state index contributed by atoms with van der Waals surface area (Å²) < 4.78 is 5.98. The molecule has 5 nitrogen and oxygen atoms in total. The lowest BCUT2D eigenvalue weighted by Gasteiger charge is -2.47. The lowest BCUT2D eigenvalue weighted by Crippen LogP contribution is -2.58. The van der Waals surface area contributed by atoms with Gasteiger partial charge in [-0.3, -0.25) is 4.79 Å². The molecule has 0 bridgehead atoms. The fourth-order valence-electron chi connectivity index (χ4n) is 3.31. The Labute approximate surface area is 137 Å². The van der Waals surface area contributed by atoms with E-state index in [1.54, 1.807) is 24.3 Å². The summed E-state index contributed by atoms with van der Waals surface area (Å²) in [5.74, 6) is -0.920. The number of carbonyl (C=O) groups is 2. The van der Waals surface area contributed by atoms with Crippen LogP contribution in [0.3, 0.4) is 0 Å². The number of benzene rings is 1. The predicted octanol–water partition coefficient (Wildman–Crippen LogP) is 2.73. The minimum Gasteiger partial charge on any atom is -0.478 e. The second-order valence-electron chi connectivity index (χ2n) is 7.33. The highest BCUT2D eigenvalue weighted by molar-refractivity contribution is 5.89. The van der Waals surface area contributed by atoms with Crippen LogP contribution in [0.25, 0.3) is 0 Å². The Hall–Kier alpha value is -1.88. The fourth-order valence-corrected chi connectivity index (χ4v) is 3.31. The number of carbonyl (C=O) groups excluding carboxylic acids is 1. The number of carboxylic acid groups (broad SMARTS) is 1. The summed E-state index contributed by atoms with van der Waals surface area (Å²) in [4.78, 5) is 25.6. The van der Waals surface area contributed by atoms with E-state index in [0.717, 1.165) is 0 Å². The van der Waals surface area contributed by atoms with Gasteiger partial charge < -0.3 is 14.7 Å². The van der Waals surface area contributed by atoms with Crippen molar-refractivity contribution >= 4 is 11.9 Å². The molecule has 0 radical (unpaired) electrons. The van der Waals surface area contributed by atoms with E-state index in [2.05, 4.69) is 0 Å². The van der Waals surface area contributed by atoms with Crippen LogP contribution in [-0.4, -0.2) is 46.2 Å². The third kappa shape index (κ3) is 4.55. The SMILES string of the molecule is CC1(C)CN(C(=O)CCc2ccccc2C(=O)O)CC(C)(C)O1. The molecule has 1 N–H and O–H groups in total. The molecule has 0 atom stereocenters. The van der Waals surface area contributed by atoms with Gasteiger partial charge in [0.15, 0.2) is 0 Å². The van der Waals surface area contributed by atoms with Gasteiger partial charge in [0, 0.05) is 19.5 Å². The van der Waals surface area contributed by atoms with E-state index in [0.29, 0.717) is 31.5 Å².